The molecule has 1 aromatic heterocycles. The van der Waals surface area contributed by atoms with E-state index in [1.54, 1.807) is 0 Å². The molecular weight excluding hydrogens is 344 g/mol. The van der Waals surface area contributed by atoms with Gasteiger partial charge in [-0.15, -0.1) is 11.3 Å². The van der Waals surface area contributed by atoms with E-state index in [2.05, 4.69) is 29.5 Å². The summed E-state index contributed by atoms with van der Waals surface area (Å²) in [5.41, 5.74) is 0.364. The molecule has 26 heavy (non-hydrogen) atoms. The van der Waals surface area contributed by atoms with Crippen molar-refractivity contribution in [2.75, 3.05) is 19.7 Å². The molecule has 3 atom stereocenters. The van der Waals surface area contributed by atoms with Crippen LogP contribution in [0, 0.1) is 11.3 Å². The van der Waals surface area contributed by atoms with Crippen LogP contribution in [0.15, 0.2) is 11.2 Å². The normalized spacial score (nSPS) is 29.6. The Morgan fingerprint density at radius 3 is 2.96 bits per heavy atom. The Balaban J connectivity index is 1.39. The summed E-state index contributed by atoms with van der Waals surface area (Å²) in [7, 11) is 0. The lowest BCUT2D eigenvalue weighted by atomic mass is 9.54. The van der Waals surface area contributed by atoms with Crippen LogP contribution in [-0.4, -0.2) is 42.8 Å². The van der Waals surface area contributed by atoms with Crippen molar-refractivity contribution in [1.29, 1.82) is 0 Å². The Kier molecular flexibility index (Phi) is 5.50. The molecule has 1 aromatic rings. The van der Waals surface area contributed by atoms with Gasteiger partial charge >= 0.3 is 0 Å². The number of aromatic nitrogens is 1. The van der Waals surface area contributed by atoms with Gasteiger partial charge in [-0.1, -0.05) is 19.8 Å². The Hall–Kier alpha value is -1.14. The predicted octanol–water partition coefficient (Wildman–Crippen LogP) is 3.15. The van der Waals surface area contributed by atoms with Gasteiger partial charge in [0.2, 0.25) is 0 Å². The maximum atomic E-state index is 6.11. The molecule has 2 heterocycles. The summed E-state index contributed by atoms with van der Waals surface area (Å²) in [5, 5.41) is 8.45. The van der Waals surface area contributed by atoms with Gasteiger partial charge in [0.1, 0.15) is 0 Å². The number of nitrogens with one attached hydrogen (secondary N) is 2. The zero-order valence-electron chi connectivity index (χ0n) is 16.1. The van der Waals surface area contributed by atoms with E-state index in [4.69, 9.17) is 9.73 Å². The Labute approximate surface area is 161 Å². The van der Waals surface area contributed by atoms with E-state index in [0.29, 0.717) is 23.5 Å². The molecule has 2 saturated carbocycles. The summed E-state index contributed by atoms with van der Waals surface area (Å²) in [6.45, 7) is 6.94. The van der Waals surface area contributed by atoms with Crippen molar-refractivity contribution in [2.24, 2.45) is 16.3 Å². The number of guanidine groups is 1. The number of hydrogen-bond donors (Lipinski definition) is 2. The Bertz CT molecular complexity index is 638. The number of ether oxygens (including phenoxy) is 1. The summed E-state index contributed by atoms with van der Waals surface area (Å²) in [6.07, 6.45) is 11.0. The molecule has 0 aromatic carbocycles. The lowest BCUT2D eigenvalue weighted by molar-refractivity contribution is -0.125. The van der Waals surface area contributed by atoms with Crippen LogP contribution in [0.5, 0.6) is 0 Å². The molecule has 5 nitrogen and oxygen atoms in total. The fraction of sp³-hybridized carbons (Fsp3) is 0.800. The third-order valence-corrected chi connectivity index (χ3v) is 7.67. The van der Waals surface area contributed by atoms with E-state index in [1.165, 1.54) is 42.0 Å². The second-order valence-corrected chi connectivity index (χ2v) is 9.09. The molecule has 2 aliphatic carbocycles. The average molecular weight is 377 g/mol. The smallest absolute Gasteiger partial charge is 0.191 e. The van der Waals surface area contributed by atoms with E-state index in [1.807, 2.05) is 17.5 Å². The molecule has 1 saturated heterocycles. The third-order valence-electron chi connectivity index (χ3n) is 6.47. The fourth-order valence-corrected chi connectivity index (χ4v) is 6.11. The van der Waals surface area contributed by atoms with Gasteiger partial charge in [0, 0.05) is 54.6 Å². The highest BCUT2D eigenvalue weighted by Gasteiger charge is 2.65. The van der Waals surface area contributed by atoms with Crippen LogP contribution in [0.1, 0.15) is 55.8 Å². The molecule has 1 aliphatic heterocycles. The van der Waals surface area contributed by atoms with Crippen molar-refractivity contribution in [3.63, 3.8) is 0 Å². The molecule has 6 heteroatoms. The van der Waals surface area contributed by atoms with Gasteiger partial charge in [-0.25, -0.2) is 4.98 Å². The zero-order valence-corrected chi connectivity index (χ0v) is 16.9. The van der Waals surface area contributed by atoms with Crippen molar-refractivity contribution >= 4 is 17.3 Å². The summed E-state index contributed by atoms with van der Waals surface area (Å²) in [6, 6.07) is 0.529. The number of hydrogen-bond acceptors (Lipinski definition) is 4. The number of rotatable bonds is 6. The summed E-state index contributed by atoms with van der Waals surface area (Å²) >= 11 is 1.82. The van der Waals surface area contributed by atoms with Crippen LogP contribution >= 0.6 is 11.3 Å². The van der Waals surface area contributed by atoms with Crippen molar-refractivity contribution in [1.82, 2.24) is 15.6 Å². The number of thiazole rings is 1. The molecular formula is C20H32N4OS. The minimum Gasteiger partial charge on any atom is -0.377 e. The minimum absolute atomic E-state index is 0.364. The van der Waals surface area contributed by atoms with Crippen LogP contribution in [-0.2, 0) is 17.6 Å². The zero-order chi connectivity index (χ0) is 18.0. The molecule has 4 rings (SSSR count). The lowest BCUT2D eigenvalue weighted by Gasteiger charge is -2.57. The quantitative estimate of drug-likeness (QED) is 0.591. The maximum Gasteiger partial charge on any atom is 0.191 e. The molecule has 0 amide bonds. The van der Waals surface area contributed by atoms with E-state index in [-0.39, 0.29) is 0 Å². The third kappa shape index (κ3) is 3.26. The van der Waals surface area contributed by atoms with E-state index in [9.17, 15) is 0 Å². The van der Waals surface area contributed by atoms with Gasteiger partial charge in [0.25, 0.3) is 0 Å². The molecule has 3 unspecified atom stereocenters. The molecule has 0 radical (unpaired) electrons. The second kappa shape index (κ2) is 7.85. The second-order valence-electron chi connectivity index (χ2n) is 7.89. The maximum absolute atomic E-state index is 6.11. The van der Waals surface area contributed by atoms with Gasteiger partial charge < -0.3 is 15.4 Å². The van der Waals surface area contributed by atoms with E-state index < -0.39 is 0 Å². The van der Waals surface area contributed by atoms with Crippen molar-refractivity contribution in [3.8, 4) is 0 Å². The van der Waals surface area contributed by atoms with Crippen molar-refractivity contribution in [3.05, 3.63) is 16.1 Å². The Morgan fingerprint density at radius 2 is 2.23 bits per heavy atom. The first-order chi connectivity index (χ1) is 12.8. The predicted molar refractivity (Wildman–Crippen MR) is 107 cm³/mol. The topological polar surface area (TPSA) is 58.5 Å². The highest BCUT2D eigenvalue weighted by Crippen LogP contribution is 2.60. The van der Waals surface area contributed by atoms with Crippen LogP contribution in [0.25, 0.3) is 0 Å². The van der Waals surface area contributed by atoms with Crippen molar-refractivity contribution < 1.29 is 4.74 Å². The van der Waals surface area contributed by atoms with E-state index in [0.717, 1.165) is 38.5 Å². The van der Waals surface area contributed by atoms with Crippen molar-refractivity contribution in [2.45, 2.75) is 70.9 Å². The molecule has 3 fully saturated rings. The fourth-order valence-electron chi connectivity index (χ4n) is 5.26. The highest BCUT2D eigenvalue weighted by molar-refractivity contribution is 7.11. The van der Waals surface area contributed by atoms with Gasteiger partial charge in [-0.3, -0.25) is 4.99 Å². The van der Waals surface area contributed by atoms with Crippen LogP contribution in [0.3, 0.4) is 0 Å². The number of aliphatic imine (C=N–C) groups is 1. The van der Waals surface area contributed by atoms with E-state index >= 15 is 0 Å². The molecule has 2 N–H and O–H groups in total. The SMILES string of the molecule is CCNC(=NCCc1ncc(CC)s1)NC1C2CCOC2C12CCCC2. The summed E-state index contributed by atoms with van der Waals surface area (Å²) in [4.78, 5) is 10.7. The number of fused-ring (bicyclic) bond motifs is 2. The van der Waals surface area contributed by atoms with Gasteiger partial charge in [-0.2, -0.15) is 0 Å². The average Bonchev–Trinajstić information content (AvgIpc) is 3.38. The monoisotopic (exact) mass is 376 g/mol. The molecule has 1 spiro atoms. The van der Waals surface area contributed by atoms with Crippen LogP contribution in [0.4, 0.5) is 0 Å². The molecule has 0 bridgehead atoms. The summed E-state index contributed by atoms with van der Waals surface area (Å²) in [5.74, 6) is 1.64. The minimum atomic E-state index is 0.364. The lowest BCUT2D eigenvalue weighted by Crippen LogP contribution is -2.69. The van der Waals surface area contributed by atoms with Gasteiger partial charge in [0.05, 0.1) is 11.1 Å². The highest BCUT2D eigenvalue weighted by atomic mass is 32.1. The van der Waals surface area contributed by atoms with Gasteiger partial charge in [-0.05, 0) is 32.6 Å². The number of nitrogens with zero attached hydrogens (tertiary/aromatic N) is 2. The number of aryl methyl sites for hydroxylation is 1. The first kappa shape index (κ1) is 18.2. The van der Waals surface area contributed by atoms with Crippen LogP contribution in [0.2, 0.25) is 0 Å². The van der Waals surface area contributed by atoms with Crippen LogP contribution < -0.4 is 10.6 Å². The largest absolute Gasteiger partial charge is 0.377 e. The van der Waals surface area contributed by atoms with Gasteiger partial charge in [0.15, 0.2) is 5.96 Å². The Morgan fingerprint density at radius 1 is 1.38 bits per heavy atom. The first-order valence-electron chi connectivity index (χ1n) is 10.4. The molecule has 3 aliphatic rings. The standard InChI is InChI=1S/C20H32N4OS/c1-3-14-13-23-16(26-14)7-11-22-19(21-4-2)24-17-15-8-12-25-18(15)20(17)9-5-6-10-20/h13,15,17-18H,3-12H2,1-2H3,(H2,21,22,24). The first-order valence-corrected chi connectivity index (χ1v) is 11.2. The molecule has 144 valence electrons. The summed E-state index contributed by atoms with van der Waals surface area (Å²) < 4.78 is 6.11.